The van der Waals surface area contributed by atoms with E-state index in [2.05, 4.69) is 0 Å². The highest BCUT2D eigenvalue weighted by atomic mass is 16.4. The molecule has 0 spiro atoms. The number of benzene rings is 1. The first-order valence-electron chi connectivity index (χ1n) is 7.41. The topological polar surface area (TPSA) is 83.6 Å². The fourth-order valence-corrected chi connectivity index (χ4v) is 3.69. The van der Waals surface area contributed by atoms with Crippen molar-refractivity contribution in [3.63, 3.8) is 0 Å². The number of carbonyl (C=O) groups is 2. The molecule has 0 saturated heterocycles. The number of rotatable bonds is 3. The summed E-state index contributed by atoms with van der Waals surface area (Å²) in [7, 11) is 1.72. The number of anilines is 2. The van der Waals surface area contributed by atoms with Gasteiger partial charge in [0.05, 0.1) is 16.9 Å². The minimum absolute atomic E-state index is 0.113. The first kappa shape index (κ1) is 13.9. The highest BCUT2D eigenvalue weighted by Crippen LogP contribution is 2.56. The summed E-state index contributed by atoms with van der Waals surface area (Å²) in [6.45, 7) is 0. The molecule has 1 amide bonds. The van der Waals surface area contributed by atoms with Gasteiger partial charge in [0.15, 0.2) is 0 Å². The third-order valence-electron chi connectivity index (χ3n) is 4.91. The van der Waals surface area contributed by atoms with E-state index in [0.717, 1.165) is 12.8 Å². The minimum Gasteiger partial charge on any atom is -0.478 e. The molecule has 3 N–H and O–H groups in total. The summed E-state index contributed by atoms with van der Waals surface area (Å²) in [5, 5.41) is 8.95. The Morgan fingerprint density at radius 2 is 1.86 bits per heavy atom. The molecule has 2 unspecified atom stereocenters. The molecule has 2 fully saturated rings. The minimum atomic E-state index is -1.02. The van der Waals surface area contributed by atoms with Gasteiger partial charge in [-0.3, -0.25) is 4.79 Å². The smallest absolute Gasteiger partial charge is 0.335 e. The van der Waals surface area contributed by atoms with Gasteiger partial charge in [-0.05, 0) is 42.9 Å². The second kappa shape index (κ2) is 5.06. The molecule has 0 aromatic heterocycles. The number of aromatic carboxylic acids is 1. The molecule has 0 aliphatic heterocycles. The van der Waals surface area contributed by atoms with Gasteiger partial charge in [-0.25, -0.2) is 4.79 Å². The van der Waals surface area contributed by atoms with E-state index >= 15 is 0 Å². The summed E-state index contributed by atoms with van der Waals surface area (Å²) in [6, 6.07) is 4.50. The van der Waals surface area contributed by atoms with E-state index in [1.165, 1.54) is 25.0 Å². The van der Waals surface area contributed by atoms with Crippen LogP contribution in [-0.4, -0.2) is 24.0 Å². The monoisotopic (exact) mass is 288 g/mol. The summed E-state index contributed by atoms with van der Waals surface area (Å²) >= 11 is 0. The number of amides is 1. The third-order valence-corrected chi connectivity index (χ3v) is 4.91. The van der Waals surface area contributed by atoms with Gasteiger partial charge in [-0.15, -0.1) is 0 Å². The van der Waals surface area contributed by atoms with Crippen LogP contribution in [0.4, 0.5) is 11.4 Å². The van der Waals surface area contributed by atoms with Crippen molar-refractivity contribution in [3.05, 3.63) is 23.8 Å². The third kappa shape index (κ3) is 2.37. The second-order valence-electron chi connectivity index (χ2n) is 6.11. The lowest BCUT2D eigenvalue weighted by atomic mass is 10.0. The average molecular weight is 288 g/mol. The molecule has 5 nitrogen and oxygen atoms in total. The number of nitrogens with zero attached hydrogens (tertiary/aromatic N) is 1. The highest BCUT2D eigenvalue weighted by molar-refractivity contribution is 6.00. The molecule has 2 atom stereocenters. The van der Waals surface area contributed by atoms with Crippen LogP contribution in [0, 0.1) is 17.8 Å². The zero-order chi connectivity index (χ0) is 15.1. The molecule has 2 aliphatic rings. The van der Waals surface area contributed by atoms with E-state index in [0.29, 0.717) is 23.2 Å². The number of nitrogen functional groups attached to an aromatic ring is 1. The molecule has 112 valence electrons. The first-order valence-corrected chi connectivity index (χ1v) is 7.41. The first-order chi connectivity index (χ1) is 10.0. The zero-order valence-corrected chi connectivity index (χ0v) is 12.1. The molecule has 5 heteroatoms. The van der Waals surface area contributed by atoms with Gasteiger partial charge in [0.2, 0.25) is 5.91 Å². The Balaban J connectivity index is 1.77. The Labute approximate surface area is 123 Å². The molecule has 0 bridgehead atoms. The quantitative estimate of drug-likeness (QED) is 0.836. The molecule has 0 heterocycles. The van der Waals surface area contributed by atoms with E-state index in [1.54, 1.807) is 18.0 Å². The number of carbonyl (C=O) groups excluding carboxylic acids is 1. The number of hydrogen-bond donors (Lipinski definition) is 2. The van der Waals surface area contributed by atoms with E-state index in [-0.39, 0.29) is 17.4 Å². The SMILES string of the molecule is CN(C(=O)C1C2CCCCC21)c1ccc(C(=O)O)cc1N. The van der Waals surface area contributed by atoms with Crippen LogP contribution < -0.4 is 10.6 Å². The molecular weight excluding hydrogens is 268 g/mol. The standard InChI is InChI=1S/C16H20N2O3/c1-18(13-7-6-9(16(20)21)8-12(13)17)15(19)14-10-4-2-3-5-11(10)14/h6-8,10-11,14H,2-5,17H2,1H3,(H,20,21). The van der Waals surface area contributed by atoms with Gasteiger partial charge in [-0.1, -0.05) is 12.8 Å². The van der Waals surface area contributed by atoms with Gasteiger partial charge in [0.1, 0.15) is 0 Å². The zero-order valence-electron chi connectivity index (χ0n) is 12.1. The summed E-state index contributed by atoms with van der Waals surface area (Å²) in [5.41, 5.74) is 6.96. The predicted molar refractivity (Wildman–Crippen MR) is 80.2 cm³/mol. The normalized spacial score (nSPS) is 26.8. The maximum atomic E-state index is 12.6. The van der Waals surface area contributed by atoms with Crippen LogP contribution in [0.1, 0.15) is 36.0 Å². The lowest BCUT2D eigenvalue weighted by Gasteiger charge is -2.20. The van der Waals surface area contributed by atoms with Crippen LogP contribution in [0.3, 0.4) is 0 Å². The second-order valence-corrected chi connectivity index (χ2v) is 6.11. The van der Waals surface area contributed by atoms with Crippen molar-refractivity contribution < 1.29 is 14.7 Å². The Morgan fingerprint density at radius 3 is 2.38 bits per heavy atom. The summed E-state index contributed by atoms with van der Waals surface area (Å²) in [4.78, 5) is 25.1. The van der Waals surface area contributed by atoms with Gasteiger partial charge in [-0.2, -0.15) is 0 Å². The molecule has 2 aliphatic carbocycles. The average Bonchev–Trinajstić information content (AvgIpc) is 3.19. The van der Waals surface area contributed by atoms with E-state index in [9.17, 15) is 9.59 Å². The predicted octanol–water partition coefficient (Wildman–Crippen LogP) is 2.37. The molecule has 2 saturated carbocycles. The van der Waals surface area contributed by atoms with Crippen molar-refractivity contribution in [1.29, 1.82) is 0 Å². The molecule has 3 rings (SSSR count). The van der Waals surface area contributed by atoms with Crippen LogP contribution in [0.5, 0.6) is 0 Å². The molecule has 21 heavy (non-hydrogen) atoms. The Morgan fingerprint density at radius 1 is 1.24 bits per heavy atom. The number of carboxylic acid groups (broad SMARTS) is 1. The molecule has 0 radical (unpaired) electrons. The summed E-state index contributed by atoms with van der Waals surface area (Å²) in [6.07, 6.45) is 4.76. The number of nitrogens with two attached hydrogens (primary N) is 1. The number of hydrogen-bond acceptors (Lipinski definition) is 3. The lowest BCUT2D eigenvalue weighted by Crippen LogP contribution is -2.29. The van der Waals surface area contributed by atoms with Gasteiger partial charge < -0.3 is 15.7 Å². The maximum absolute atomic E-state index is 12.6. The lowest BCUT2D eigenvalue weighted by molar-refractivity contribution is -0.120. The van der Waals surface area contributed by atoms with Crippen LogP contribution >= 0.6 is 0 Å². The number of fused-ring (bicyclic) bond motifs is 1. The molecule has 1 aromatic rings. The summed E-state index contributed by atoms with van der Waals surface area (Å²) in [5.74, 6) is 0.328. The highest BCUT2D eigenvalue weighted by Gasteiger charge is 2.55. The van der Waals surface area contributed by atoms with Gasteiger partial charge in [0, 0.05) is 13.0 Å². The van der Waals surface area contributed by atoms with Crippen molar-refractivity contribution in [2.45, 2.75) is 25.7 Å². The maximum Gasteiger partial charge on any atom is 0.335 e. The van der Waals surface area contributed by atoms with Crippen LogP contribution in [0.2, 0.25) is 0 Å². The van der Waals surface area contributed by atoms with E-state index in [1.807, 2.05) is 0 Å². The Hall–Kier alpha value is -2.04. The fourth-order valence-electron chi connectivity index (χ4n) is 3.69. The fraction of sp³-hybridized carbons (Fsp3) is 0.500. The van der Waals surface area contributed by atoms with Crippen molar-refractivity contribution in [2.24, 2.45) is 17.8 Å². The summed E-state index contributed by atoms with van der Waals surface area (Å²) < 4.78 is 0. The van der Waals surface area contributed by atoms with E-state index in [4.69, 9.17) is 10.8 Å². The van der Waals surface area contributed by atoms with Crippen molar-refractivity contribution in [1.82, 2.24) is 0 Å². The number of carboxylic acids is 1. The van der Waals surface area contributed by atoms with Gasteiger partial charge >= 0.3 is 5.97 Å². The van der Waals surface area contributed by atoms with Crippen LogP contribution in [0.15, 0.2) is 18.2 Å². The largest absolute Gasteiger partial charge is 0.478 e. The molecular formula is C16H20N2O3. The van der Waals surface area contributed by atoms with Crippen molar-refractivity contribution >= 4 is 23.3 Å². The molecule has 1 aromatic carbocycles. The van der Waals surface area contributed by atoms with Crippen molar-refractivity contribution in [2.75, 3.05) is 17.7 Å². The Bertz CT molecular complexity index is 587. The Kier molecular flexibility index (Phi) is 3.35. The van der Waals surface area contributed by atoms with E-state index < -0.39 is 5.97 Å². The van der Waals surface area contributed by atoms with Gasteiger partial charge in [0.25, 0.3) is 0 Å². The van der Waals surface area contributed by atoms with Crippen LogP contribution in [0.25, 0.3) is 0 Å². The van der Waals surface area contributed by atoms with Crippen molar-refractivity contribution in [3.8, 4) is 0 Å². The van der Waals surface area contributed by atoms with Crippen LogP contribution in [-0.2, 0) is 4.79 Å².